The van der Waals surface area contributed by atoms with Gasteiger partial charge >= 0.3 is 0 Å². The van der Waals surface area contributed by atoms with E-state index < -0.39 is 0 Å². The number of rotatable bonds is 2. The molecule has 0 spiro atoms. The first kappa shape index (κ1) is 9.02. The number of amides is 1. The van der Waals surface area contributed by atoms with Crippen LogP contribution in [0.2, 0.25) is 0 Å². The molecule has 0 atom stereocenters. The van der Waals surface area contributed by atoms with E-state index >= 15 is 0 Å². The maximum absolute atomic E-state index is 10.3. The van der Waals surface area contributed by atoms with Crippen molar-refractivity contribution in [2.24, 2.45) is 0 Å². The molecular formula is C10H13N3O. The quantitative estimate of drug-likeness (QED) is 0.605. The highest BCUT2D eigenvalue weighted by molar-refractivity contribution is 5.73. The van der Waals surface area contributed by atoms with E-state index in [4.69, 9.17) is 0 Å². The Kier molecular flexibility index (Phi) is 2.65. The molecule has 2 rings (SSSR count). The van der Waals surface area contributed by atoms with Crippen LogP contribution < -0.4 is 16.0 Å². The lowest BCUT2D eigenvalue weighted by molar-refractivity contribution is -0.105. The summed E-state index contributed by atoms with van der Waals surface area (Å²) in [5.41, 5.74) is 3.17. The zero-order valence-corrected chi connectivity index (χ0v) is 7.84. The van der Waals surface area contributed by atoms with Gasteiger partial charge in [0, 0.05) is 31.0 Å². The fourth-order valence-corrected chi connectivity index (χ4v) is 1.58. The van der Waals surface area contributed by atoms with Crippen LogP contribution in [0, 0.1) is 0 Å². The maximum atomic E-state index is 10.3. The molecule has 1 amide bonds. The molecule has 3 N–H and O–H groups in total. The number of hydrogen-bond acceptors (Lipinski definition) is 3. The molecule has 0 fully saturated rings. The van der Waals surface area contributed by atoms with Crippen molar-refractivity contribution in [2.45, 2.75) is 6.54 Å². The molecule has 1 aliphatic heterocycles. The predicted octanol–water partition coefficient (Wildman–Crippen LogP) is 0.770. The highest BCUT2D eigenvalue weighted by Gasteiger charge is 2.06. The maximum Gasteiger partial charge on any atom is 0.211 e. The van der Waals surface area contributed by atoms with Gasteiger partial charge in [-0.25, -0.2) is 0 Å². The number of fused-ring (bicyclic) bond motifs is 1. The van der Waals surface area contributed by atoms with Crippen molar-refractivity contribution in [3.8, 4) is 0 Å². The second-order valence-corrected chi connectivity index (χ2v) is 3.24. The summed E-state index contributed by atoms with van der Waals surface area (Å²) < 4.78 is 0. The SMILES string of the molecule is O=CNc1ccc2c(c1)CNCCN2. The zero-order valence-electron chi connectivity index (χ0n) is 7.84. The largest absolute Gasteiger partial charge is 0.384 e. The molecule has 0 radical (unpaired) electrons. The number of carbonyl (C=O) groups is 1. The van der Waals surface area contributed by atoms with Crippen LogP contribution in [-0.4, -0.2) is 19.5 Å². The topological polar surface area (TPSA) is 53.2 Å². The van der Waals surface area contributed by atoms with Crippen LogP contribution in [0.4, 0.5) is 11.4 Å². The van der Waals surface area contributed by atoms with Crippen molar-refractivity contribution >= 4 is 17.8 Å². The molecule has 0 bridgehead atoms. The third kappa shape index (κ3) is 1.85. The van der Waals surface area contributed by atoms with Gasteiger partial charge in [-0.05, 0) is 23.8 Å². The first-order valence-corrected chi connectivity index (χ1v) is 4.68. The van der Waals surface area contributed by atoms with Crippen LogP contribution in [0.1, 0.15) is 5.56 Å². The van der Waals surface area contributed by atoms with Gasteiger partial charge in [-0.1, -0.05) is 0 Å². The Labute approximate surface area is 82.7 Å². The molecule has 0 saturated heterocycles. The molecule has 1 aliphatic rings. The first-order valence-electron chi connectivity index (χ1n) is 4.68. The molecule has 74 valence electrons. The Hall–Kier alpha value is -1.55. The van der Waals surface area contributed by atoms with E-state index in [1.165, 1.54) is 5.56 Å². The van der Waals surface area contributed by atoms with Gasteiger partial charge in [0.1, 0.15) is 0 Å². The summed E-state index contributed by atoms with van der Waals surface area (Å²) >= 11 is 0. The molecule has 4 heteroatoms. The Morgan fingerprint density at radius 2 is 2.29 bits per heavy atom. The van der Waals surface area contributed by atoms with Crippen molar-refractivity contribution in [3.63, 3.8) is 0 Å². The van der Waals surface area contributed by atoms with Crippen LogP contribution >= 0.6 is 0 Å². The summed E-state index contributed by atoms with van der Waals surface area (Å²) in [7, 11) is 0. The first-order chi connectivity index (χ1) is 6.90. The highest BCUT2D eigenvalue weighted by atomic mass is 16.1. The summed E-state index contributed by atoms with van der Waals surface area (Å²) in [6.07, 6.45) is 0.694. The van der Waals surface area contributed by atoms with Gasteiger partial charge in [0.25, 0.3) is 0 Å². The van der Waals surface area contributed by atoms with E-state index in [-0.39, 0.29) is 0 Å². The fraction of sp³-hybridized carbons (Fsp3) is 0.300. The highest BCUT2D eigenvalue weighted by Crippen LogP contribution is 2.21. The van der Waals surface area contributed by atoms with Crippen LogP contribution in [0.3, 0.4) is 0 Å². The molecule has 0 aromatic heterocycles. The lowest BCUT2D eigenvalue weighted by Gasteiger charge is -2.08. The van der Waals surface area contributed by atoms with Crippen LogP contribution in [0.15, 0.2) is 18.2 Å². The van der Waals surface area contributed by atoms with Crippen molar-refractivity contribution in [1.29, 1.82) is 0 Å². The monoisotopic (exact) mass is 191 g/mol. The van der Waals surface area contributed by atoms with Gasteiger partial charge in [-0.3, -0.25) is 4.79 Å². The Balaban J connectivity index is 2.27. The molecule has 0 unspecified atom stereocenters. The minimum atomic E-state index is 0.694. The van der Waals surface area contributed by atoms with Gasteiger partial charge in [0.05, 0.1) is 0 Å². The second kappa shape index (κ2) is 4.11. The van der Waals surface area contributed by atoms with Crippen molar-refractivity contribution in [2.75, 3.05) is 23.7 Å². The minimum Gasteiger partial charge on any atom is -0.384 e. The van der Waals surface area contributed by atoms with E-state index in [0.29, 0.717) is 6.41 Å². The van der Waals surface area contributed by atoms with Gasteiger partial charge in [0.2, 0.25) is 6.41 Å². The third-order valence-electron chi connectivity index (χ3n) is 2.26. The summed E-state index contributed by atoms with van der Waals surface area (Å²) in [6.45, 7) is 2.75. The number of benzene rings is 1. The molecule has 1 heterocycles. The van der Waals surface area contributed by atoms with E-state index in [0.717, 1.165) is 31.0 Å². The summed E-state index contributed by atoms with van der Waals surface area (Å²) in [6, 6.07) is 5.87. The Bertz CT molecular complexity index is 338. The zero-order chi connectivity index (χ0) is 9.80. The lowest BCUT2D eigenvalue weighted by Crippen LogP contribution is -2.16. The normalized spacial score (nSPS) is 14.9. The van der Waals surface area contributed by atoms with Crippen LogP contribution in [0.5, 0.6) is 0 Å². The summed E-state index contributed by atoms with van der Waals surface area (Å²) in [5.74, 6) is 0. The van der Waals surface area contributed by atoms with Gasteiger partial charge in [0.15, 0.2) is 0 Å². The average Bonchev–Trinajstić information content (AvgIpc) is 2.42. The summed E-state index contributed by atoms with van der Waals surface area (Å²) in [4.78, 5) is 10.3. The molecule has 0 saturated carbocycles. The molecule has 14 heavy (non-hydrogen) atoms. The number of nitrogens with one attached hydrogen (secondary N) is 3. The number of carbonyl (C=O) groups excluding carboxylic acids is 1. The average molecular weight is 191 g/mol. The van der Waals surface area contributed by atoms with Gasteiger partial charge < -0.3 is 16.0 Å². The second-order valence-electron chi connectivity index (χ2n) is 3.24. The molecule has 4 nitrogen and oxygen atoms in total. The molecule has 1 aromatic rings. The molecule has 0 aliphatic carbocycles. The third-order valence-corrected chi connectivity index (χ3v) is 2.26. The van der Waals surface area contributed by atoms with E-state index in [2.05, 4.69) is 16.0 Å². The Morgan fingerprint density at radius 1 is 1.36 bits per heavy atom. The van der Waals surface area contributed by atoms with Crippen molar-refractivity contribution in [3.05, 3.63) is 23.8 Å². The number of anilines is 2. The van der Waals surface area contributed by atoms with Crippen molar-refractivity contribution in [1.82, 2.24) is 5.32 Å². The predicted molar refractivity (Wildman–Crippen MR) is 56.3 cm³/mol. The van der Waals surface area contributed by atoms with Gasteiger partial charge in [-0.2, -0.15) is 0 Å². The standard InChI is InChI=1S/C10H13N3O/c14-7-13-9-1-2-10-8(5-9)6-11-3-4-12-10/h1-2,5,7,11-12H,3-4,6H2,(H,13,14). The van der Waals surface area contributed by atoms with E-state index in [1.807, 2.05) is 18.2 Å². The van der Waals surface area contributed by atoms with Crippen LogP contribution in [-0.2, 0) is 11.3 Å². The van der Waals surface area contributed by atoms with E-state index in [9.17, 15) is 4.79 Å². The molecule has 1 aromatic carbocycles. The fourth-order valence-electron chi connectivity index (χ4n) is 1.58. The minimum absolute atomic E-state index is 0.694. The summed E-state index contributed by atoms with van der Waals surface area (Å²) in [5, 5.41) is 9.25. The van der Waals surface area contributed by atoms with Crippen molar-refractivity contribution < 1.29 is 4.79 Å². The van der Waals surface area contributed by atoms with Gasteiger partial charge in [-0.15, -0.1) is 0 Å². The number of hydrogen-bond donors (Lipinski definition) is 3. The molecular weight excluding hydrogens is 178 g/mol. The van der Waals surface area contributed by atoms with E-state index in [1.54, 1.807) is 0 Å². The van der Waals surface area contributed by atoms with Crippen LogP contribution in [0.25, 0.3) is 0 Å². The lowest BCUT2D eigenvalue weighted by atomic mass is 10.1. The smallest absolute Gasteiger partial charge is 0.211 e. The Morgan fingerprint density at radius 3 is 3.14 bits per heavy atom.